The molecule has 0 radical (unpaired) electrons. The number of halogens is 1. The average Bonchev–Trinajstić information content (AvgIpc) is 2.46. The molecule has 0 aliphatic carbocycles. The van der Waals surface area contributed by atoms with Crippen LogP contribution < -0.4 is 5.43 Å². The van der Waals surface area contributed by atoms with Gasteiger partial charge in [0.25, 0.3) is 0 Å². The molecule has 1 heterocycles. The quantitative estimate of drug-likeness (QED) is 0.641. The number of hydrogen-bond acceptors (Lipinski definition) is 4. The number of benzene rings is 1. The lowest BCUT2D eigenvalue weighted by Gasteiger charge is -2.06. The molecule has 1 aromatic heterocycles. The van der Waals surface area contributed by atoms with Gasteiger partial charge in [0, 0.05) is 43.7 Å². The Balaban J connectivity index is 2.40. The van der Waals surface area contributed by atoms with Gasteiger partial charge in [-0.05, 0) is 24.3 Å². The van der Waals surface area contributed by atoms with Crippen LogP contribution in [0.2, 0.25) is 5.02 Å². The van der Waals surface area contributed by atoms with Crippen molar-refractivity contribution < 1.29 is 4.79 Å². The molecule has 1 aromatic carbocycles. The summed E-state index contributed by atoms with van der Waals surface area (Å²) in [7, 11) is 3.57. The Morgan fingerprint density at radius 2 is 1.90 bits per heavy atom. The summed E-state index contributed by atoms with van der Waals surface area (Å²) in [5, 5.41) is 4.69. The molecule has 21 heavy (non-hydrogen) atoms. The van der Waals surface area contributed by atoms with Crippen LogP contribution in [0.3, 0.4) is 0 Å². The van der Waals surface area contributed by atoms with Gasteiger partial charge in [-0.25, -0.2) is 4.68 Å². The van der Waals surface area contributed by atoms with Crippen LogP contribution in [0.15, 0.2) is 53.6 Å². The van der Waals surface area contributed by atoms with E-state index in [0.29, 0.717) is 10.7 Å². The van der Waals surface area contributed by atoms with Gasteiger partial charge in [0.2, 0.25) is 11.2 Å². The van der Waals surface area contributed by atoms with Crippen LogP contribution in [0.25, 0.3) is 5.69 Å². The van der Waals surface area contributed by atoms with E-state index in [9.17, 15) is 9.59 Å². The number of allylic oxidation sites excluding steroid dienone is 1. The second-order valence-electron chi connectivity index (χ2n) is 4.59. The third-order valence-electron chi connectivity index (χ3n) is 2.66. The summed E-state index contributed by atoms with van der Waals surface area (Å²) >= 11 is 5.83. The van der Waals surface area contributed by atoms with Gasteiger partial charge in [-0.1, -0.05) is 11.6 Å². The minimum absolute atomic E-state index is 0.120. The molecule has 2 aromatic rings. The summed E-state index contributed by atoms with van der Waals surface area (Å²) in [5.74, 6) is -0.433. The van der Waals surface area contributed by atoms with Crippen molar-refractivity contribution in [1.29, 1.82) is 0 Å². The third kappa shape index (κ3) is 3.79. The number of aromatic nitrogens is 2. The van der Waals surface area contributed by atoms with Crippen LogP contribution in [-0.2, 0) is 0 Å². The molecule has 0 fully saturated rings. The van der Waals surface area contributed by atoms with Crippen LogP contribution in [0.4, 0.5) is 0 Å². The van der Waals surface area contributed by atoms with Gasteiger partial charge in [-0.15, -0.1) is 0 Å². The molecule has 0 spiro atoms. The lowest BCUT2D eigenvalue weighted by Crippen LogP contribution is -2.20. The molecule has 6 heteroatoms. The molecule has 0 N–H and O–H groups in total. The molecule has 0 saturated carbocycles. The molecule has 2 rings (SSSR count). The van der Waals surface area contributed by atoms with E-state index >= 15 is 0 Å². The first kappa shape index (κ1) is 15.0. The van der Waals surface area contributed by atoms with E-state index < -0.39 is 11.2 Å². The Labute approximate surface area is 127 Å². The summed E-state index contributed by atoms with van der Waals surface area (Å²) in [6, 6.07) is 8.25. The van der Waals surface area contributed by atoms with Gasteiger partial charge < -0.3 is 4.90 Å². The van der Waals surface area contributed by atoms with Crippen molar-refractivity contribution in [3.8, 4) is 5.69 Å². The van der Waals surface area contributed by atoms with Gasteiger partial charge in [0.15, 0.2) is 5.69 Å². The van der Waals surface area contributed by atoms with Gasteiger partial charge in [-0.3, -0.25) is 9.59 Å². The number of carbonyl (C=O) groups is 1. The predicted molar refractivity (Wildman–Crippen MR) is 82.0 cm³/mol. The zero-order chi connectivity index (χ0) is 15.4. The molecular formula is C15H14ClN3O2. The normalized spacial score (nSPS) is 10.8. The highest BCUT2D eigenvalue weighted by atomic mass is 35.5. The zero-order valence-corrected chi connectivity index (χ0v) is 12.4. The van der Waals surface area contributed by atoms with Gasteiger partial charge in [-0.2, -0.15) is 5.10 Å². The fourth-order valence-electron chi connectivity index (χ4n) is 1.61. The Morgan fingerprint density at radius 3 is 2.52 bits per heavy atom. The Bertz CT molecular complexity index is 733. The monoisotopic (exact) mass is 303 g/mol. The summed E-state index contributed by atoms with van der Waals surface area (Å²) in [5.41, 5.74) is 0.184. The number of carbonyl (C=O) groups excluding carboxylic acids is 1. The average molecular weight is 304 g/mol. The lowest BCUT2D eigenvalue weighted by molar-refractivity contribution is 0.103. The first-order chi connectivity index (χ1) is 9.97. The van der Waals surface area contributed by atoms with E-state index in [0.717, 1.165) is 0 Å². The molecule has 0 atom stereocenters. The Hall–Kier alpha value is -2.40. The van der Waals surface area contributed by atoms with Crippen LogP contribution >= 0.6 is 11.6 Å². The standard InChI is InChI=1S/C15H14ClN3O2/c1-18(2)9-7-13(20)15-14(21)8-10-19(17-15)12-5-3-11(16)4-6-12/h3-10H,1-2H3. The van der Waals surface area contributed by atoms with Gasteiger partial charge in [0.1, 0.15) is 0 Å². The van der Waals surface area contributed by atoms with E-state index in [1.54, 1.807) is 49.5 Å². The molecule has 0 aliphatic rings. The van der Waals surface area contributed by atoms with E-state index in [-0.39, 0.29) is 5.69 Å². The first-order valence-corrected chi connectivity index (χ1v) is 6.60. The smallest absolute Gasteiger partial charge is 0.211 e. The summed E-state index contributed by atoms with van der Waals surface area (Å²) < 4.78 is 1.47. The molecule has 0 aliphatic heterocycles. The molecule has 108 valence electrons. The second kappa shape index (κ2) is 6.37. The molecule has 5 nitrogen and oxygen atoms in total. The van der Waals surface area contributed by atoms with Crippen molar-refractivity contribution in [2.75, 3.05) is 14.1 Å². The summed E-state index contributed by atoms with van der Waals surface area (Å²) in [6.07, 6.45) is 4.40. The van der Waals surface area contributed by atoms with Crippen LogP contribution in [0, 0.1) is 0 Å². The highest BCUT2D eigenvalue weighted by Crippen LogP contribution is 2.12. The molecule has 0 bridgehead atoms. The van der Waals surface area contributed by atoms with E-state index in [1.165, 1.54) is 23.0 Å². The minimum atomic E-state index is -0.433. The SMILES string of the molecule is CN(C)C=CC(=O)c1nn(-c2ccc(Cl)cc2)ccc1=O. The number of hydrogen-bond donors (Lipinski definition) is 0. The third-order valence-corrected chi connectivity index (χ3v) is 2.91. The van der Waals surface area contributed by atoms with E-state index in [4.69, 9.17) is 11.6 Å². The van der Waals surface area contributed by atoms with Crippen LogP contribution in [0.5, 0.6) is 0 Å². The first-order valence-electron chi connectivity index (χ1n) is 6.22. The lowest BCUT2D eigenvalue weighted by atomic mass is 10.2. The number of nitrogens with zero attached hydrogens (tertiary/aromatic N) is 3. The number of ketones is 1. The molecule has 0 unspecified atom stereocenters. The summed E-state index contributed by atoms with van der Waals surface area (Å²) in [4.78, 5) is 25.5. The van der Waals surface area contributed by atoms with Crippen molar-refractivity contribution in [3.05, 3.63) is 69.7 Å². The van der Waals surface area contributed by atoms with Crippen molar-refractivity contribution >= 4 is 17.4 Å². The predicted octanol–water partition coefficient (Wildman–Crippen LogP) is 2.14. The van der Waals surface area contributed by atoms with Crippen molar-refractivity contribution in [3.63, 3.8) is 0 Å². The molecule has 0 amide bonds. The molecule has 0 saturated heterocycles. The maximum absolute atomic E-state index is 12.0. The van der Waals surface area contributed by atoms with Gasteiger partial charge in [0.05, 0.1) is 5.69 Å². The highest BCUT2D eigenvalue weighted by molar-refractivity contribution is 6.30. The van der Waals surface area contributed by atoms with Crippen LogP contribution in [0.1, 0.15) is 10.5 Å². The Morgan fingerprint density at radius 1 is 1.24 bits per heavy atom. The fraction of sp³-hybridized carbons (Fsp3) is 0.133. The topological polar surface area (TPSA) is 55.2 Å². The van der Waals surface area contributed by atoms with Crippen molar-refractivity contribution in [2.24, 2.45) is 0 Å². The second-order valence-corrected chi connectivity index (χ2v) is 5.03. The largest absolute Gasteiger partial charge is 0.383 e. The maximum atomic E-state index is 12.0. The van der Waals surface area contributed by atoms with Crippen molar-refractivity contribution in [1.82, 2.24) is 14.7 Å². The Kier molecular flexibility index (Phi) is 4.55. The fourth-order valence-corrected chi connectivity index (χ4v) is 1.74. The molecular weight excluding hydrogens is 290 g/mol. The number of rotatable bonds is 4. The van der Waals surface area contributed by atoms with E-state index in [2.05, 4.69) is 5.10 Å². The van der Waals surface area contributed by atoms with Gasteiger partial charge >= 0.3 is 0 Å². The van der Waals surface area contributed by atoms with E-state index in [1.807, 2.05) is 0 Å². The highest BCUT2D eigenvalue weighted by Gasteiger charge is 2.10. The summed E-state index contributed by atoms with van der Waals surface area (Å²) in [6.45, 7) is 0. The minimum Gasteiger partial charge on any atom is -0.383 e. The maximum Gasteiger partial charge on any atom is 0.211 e. The zero-order valence-electron chi connectivity index (χ0n) is 11.7. The van der Waals surface area contributed by atoms with Crippen molar-refractivity contribution in [2.45, 2.75) is 0 Å². The van der Waals surface area contributed by atoms with Crippen LogP contribution in [-0.4, -0.2) is 34.6 Å².